The van der Waals surface area contributed by atoms with E-state index in [0.29, 0.717) is 6.42 Å². The largest absolute Gasteiger partial charge is 0.251 e. The van der Waals surface area contributed by atoms with Crippen LogP contribution in [-0.4, -0.2) is 12.9 Å². The van der Waals surface area contributed by atoms with Gasteiger partial charge in [0, 0.05) is 18.6 Å². The van der Waals surface area contributed by atoms with Gasteiger partial charge in [0.25, 0.3) is 0 Å². The van der Waals surface area contributed by atoms with Gasteiger partial charge in [-0.2, -0.15) is 0 Å². The Bertz CT molecular complexity index is 168. The lowest BCUT2D eigenvalue weighted by Crippen LogP contribution is -1.90. The molecular formula is C7H8FN+. The molecule has 0 unspecified atom stereocenters. The van der Waals surface area contributed by atoms with Crippen molar-refractivity contribution >= 4 is 6.21 Å². The van der Waals surface area contributed by atoms with Gasteiger partial charge in [0.1, 0.15) is 0 Å². The first kappa shape index (κ1) is 6.20. The Labute approximate surface area is 53.6 Å². The van der Waals surface area contributed by atoms with Crippen LogP contribution in [0.4, 0.5) is 4.39 Å². The molecule has 1 rings (SSSR count). The third kappa shape index (κ3) is 1.80. The lowest BCUT2D eigenvalue weighted by atomic mass is 10.2. The monoisotopic (exact) mass is 125 g/mol. The van der Waals surface area contributed by atoms with Crippen molar-refractivity contribution in [1.29, 1.82) is 0 Å². The zero-order chi connectivity index (χ0) is 6.53. The number of alkyl halides is 1. The van der Waals surface area contributed by atoms with Crippen molar-refractivity contribution in [3.63, 3.8) is 0 Å². The van der Waals surface area contributed by atoms with Gasteiger partial charge >= 0.3 is 0 Å². The molecule has 0 bridgehead atoms. The molecule has 0 spiro atoms. The lowest BCUT2D eigenvalue weighted by Gasteiger charge is -1.91. The van der Waals surface area contributed by atoms with Gasteiger partial charge in [0.2, 0.25) is 12.4 Å². The molecule has 47 valence electrons. The first-order chi connectivity index (χ1) is 4.43. The van der Waals surface area contributed by atoms with Crippen LogP contribution in [0.3, 0.4) is 0 Å². The number of hydrogen-bond donors (Lipinski definition) is 0. The Morgan fingerprint density at radius 2 is 2.44 bits per heavy atom. The summed E-state index contributed by atoms with van der Waals surface area (Å²) >= 11 is 0. The zero-order valence-corrected chi connectivity index (χ0v) is 5.05. The molecule has 1 heterocycles. The van der Waals surface area contributed by atoms with Gasteiger partial charge in [-0.05, 0) is 5.57 Å². The van der Waals surface area contributed by atoms with Gasteiger partial charge in [-0.25, -0.2) is 0 Å². The molecular weight excluding hydrogens is 117 g/mol. The molecule has 0 saturated heterocycles. The van der Waals surface area contributed by atoms with Gasteiger partial charge in [-0.1, -0.05) is 0 Å². The molecule has 0 amide bonds. The molecule has 0 fully saturated rings. The quantitative estimate of drug-likeness (QED) is 0.526. The van der Waals surface area contributed by atoms with Crippen molar-refractivity contribution in [2.45, 2.75) is 6.42 Å². The molecule has 1 nitrogen and oxygen atoms in total. The fraction of sp³-hybridized carbons (Fsp3) is 0.286. The molecule has 0 aromatic heterocycles. The molecule has 0 atom stereocenters. The van der Waals surface area contributed by atoms with E-state index in [2.05, 4.69) is 4.99 Å². The van der Waals surface area contributed by atoms with Crippen LogP contribution in [0.5, 0.6) is 0 Å². The predicted octanol–water partition coefficient (Wildman–Crippen LogP) is 1.21. The maximum absolute atomic E-state index is 11.7. The molecule has 0 aliphatic carbocycles. The molecule has 0 saturated carbocycles. The van der Waals surface area contributed by atoms with E-state index in [1.165, 1.54) is 0 Å². The normalized spacial score (nSPS) is 15.9. The van der Waals surface area contributed by atoms with E-state index in [-0.39, 0.29) is 6.67 Å². The molecule has 0 aromatic rings. The van der Waals surface area contributed by atoms with Crippen molar-refractivity contribution in [2.24, 2.45) is 0 Å². The van der Waals surface area contributed by atoms with E-state index in [0.717, 1.165) is 5.57 Å². The van der Waals surface area contributed by atoms with Gasteiger partial charge in [0.05, 0.1) is 11.7 Å². The third-order valence-corrected chi connectivity index (χ3v) is 1.13. The van der Waals surface area contributed by atoms with Gasteiger partial charge in [-0.15, -0.1) is 0 Å². The fourth-order valence-corrected chi connectivity index (χ4v) is 0.659. The summed E-state index contributed by atoms with van der Waals surface area (Å²) in [7, 11) is 0. The third-order valence-electron chi connectivity index (χ3n) is 1.13. The minimum absolute atomic E-state index is 0.288. The average Bonchev–Trinajstić information content (AvgIpc) is 1.91. The van der Waals surface area contributed by atoms with Crippen LogP contribution in [0, 0.1) is 0 Å². The minimum Gasteiger partial charge on any atom is -0.251 e. The van der Waals surface area contributed by atoms with Crippen LogP contribution in [0.15, 0.2) is 23.9 Å². The number of aliphatic imine (C=N–C) groups is 1. The molecule has 1 aliphatic rings. The summed E-state index contributed by atoms with van der Waals surface area (Å²) in [5, 5.41) is 0. The summed E-state index contributed by atoms with van der Waals surface area (Å²) in [6.45, 7) is -0.288. The molecule has 9 heavy (non-hydrogen) atoms. The van der Waals surface area contributed by atoms with Crippen LogP contribution >= 0.6 is 0 Å². The molecule has 1 radical (unpaired) electrons. The summed E-state index contributed by atoms with van der Waals surface area (Å²) in [5.74, 6) is 0. The number of nitrogens with zero attached hydrogens (tertiary/aromatic N) is 1. The number of halogens is 1. The Morgan fingerprint density at radius 1 is 1.56 bits per heavy atom. The molecule has 2 heteroatoms. The number of allylic oxidation sites excluding steroid dienone is 3. The highest BCUT2D eigenvalue weighted by Crippen LogP contribution is 2.03. The van der Waals surface area contributed by atoms with E-state index in [1.54, 1.807) is 12.4 Å². The average molecular weight is 125 g/mol. The first-order valence-corrected chi connectivity index (χ1v) is 2.88. The maximum Gasteiger partial charge on any atom is 0.242 e. The van der Waals surface area contributed by atoms with Gasteiger partial charge in [0.15, 0.2) is 0 Å². The van der Waals surface area contributed by atoms with Crippen LogP contribution in [0.2, 0.25) is 0 Å². The van der Waals surface area contributed by atoms with Crippen LogP contribution < -0.4 is 4.99 Å². The Balaban J connectivity index is 2.51. The second-order valence-electron chi connectivity index (χ2n) is 1.79. The molecule has 0 aromatic carbocycles. The van der Waals surface area contributed by atoms with E-state index >= 15 is 0 Å². The fourth-order valence-electron chi connectivity index (χ4n) is 0.659. The van der Waals surface area contributed by atoms with Crippen LogP contribution in [-0.2, 0) is 0 Å². The predicted molar refractivity (Wildman–Crippen MR) is 36.0 cm³/mol. The molecule has 0 N–H and O–H groups in total. The van der Waals surface area contributed by atoms with E-state index in [4.69, 9.17) is 0 Å². The maximum atomic E-state index is 11.7. The topological polar surface area (TPSA) is 14.1 Å². The van der Waals surface area contributed by atoms with Crippen molar-refractivity contribution in [3.05, 3.63) is 23.9 Å². The standard InChI is InChI=1S/C7H8FN/c8-4-1-7-2-5-9-6-3-7/h2-3,5-6H,1,4H2/q+1. The van der Waals surface area contributed by atoms with E-state index in [9.17, 15) is 4.39 Å². The SMILES string of the molecule is FCCC1=CC=[N+]C=C1. The highest BCUT2D eigenvalue weighted by Gasteiger charge is 1.97. The minimum atomic E-state index is -0.288. The number of rotatable bonds is 2. The summed E-state index contributed by atoms with van der Waals surface area (Å²) in [6, 6.07) is 0. The van der Waals surface area contributed by atoms with E-state index in [1.807, 2.05) is 12.2 Å². The highest BCUT2D eigenvalue weighted by atomic mass is 19.1. The van der Waals surface area contributed by atoms with Crippen molar-refractivity contribution in [2.75, 3.05) is 6.67 Å². The van der Waals surface area contributed by atoms with Gasteiger partial charge < -0.3 is 0 Å². The summed E-state index contributed by atoms with van der Waals surface area (Å²) in [5.41, 5.74) is 1.01. The Hall–Kier alpha value is -0.920. The van der Waals surface area contributed by atoms with Crippen LogP contribution in [0.1, 0.15) is 6.42 Å². The molecule has 1 aliphatic heterocycles. The lowest BCUT2D eigenvalue weighted by molar-refractivity contribution is 0.496. The summed E-state index contributed by atoms with van der Waals surface area (Å²) < 4.78 is 11.7. The second-order valence-corrected chi connectivity index (χ2v) is 1.79. The first-order valence-electron chi connectivity index (χ1n) is 2.88. The Morgan fingerprint density at radius 3 is 3.00 bits per heavy atom. The van der Waals surface area contributed by atoms with E-state index < -0.39 is 0 Å². The number of hydrogen-bond acceptors (Lipinski definition) is 1. The smallest absolute Gasteiger partial charge is 0.242 e. The highest BCUT2D eigenvalue weighted by molar-refractivity contribution is 5.73. The van der Waals surface area contributed by atoms with Gasteiger partial charge in [-0.3, -0.25) is 4.39 Å². The van der Waals surface area contributed by atoms with Crippen molar-refractivity contribution in [1.82, 2.24) is 4.99 Å². The van der Waals surface area contributed by atoms with Crippen LogP contribution in [0.25, 0.3) is 0 Å². The summed E-state index contributed by atoms with van der Waals surface area (Å²) in [6.07, 6.45) is 7.48. The van der Waals surface area contributed by atoms with Crippen molar-refractivity contribution in [3.8, 4) is 0 Å². The van der Waals surface area contributed by atoms with Crippen molar-refractivity contribution < 1.29 is 4.39 Å². The second kappa shape index (κ2) is 3.17. The zero-order valence-electron chi connectivity index (χ0n) is 5.05. The Kier molecular flexibility index (Phi) is 2.19. The summed E-state index contributed by atoms with van der Waals surface area (Å²) in [4.78, 5) is 3.81.